The Bertz CT molecular complexity index is 458. The maximum Gasteiger partial charge on any atom is 0.472 e. The Morgan fingerprint density at radius 2 is 1.90 bits per heavy atom. The van der Waals surface area contributed by atoms with Crippen LogP contribution >= 0.6 is 7.82 Å². The van der Waals surface area contributed by atoms with Gasteiger partial charge in [0.1, 0.15) is 0 Å². The first-order chi connectivity index (χ1) is 9.32. The van der Waals surface area contributed by atoms with Gasteiger partial charge in [-0.15, -0.1) is 0 Å². The summed E-state index contributed by atoms with van der Waals surface area (Å²) in [6.07, 6.45) is 0.368. The molecule has 5 nitrogen and oxygen atoms in total. The minimum atomic E-state index is -3.95. The van der Waals surface area contributed by atoms with Gasteiger partial charge in [0.25, 0.3) is 0 Å². The van der Waals surface area contributed by atoms with E-state index in [1.807, 2.05) is 32.9 Å². The lowest BCUT2D eigenvalue weighted by Crippen LogP contribution is -2.11. The Morgan fingerprint density at radius 1 is 1.30 bits per heavy atom. The topological polar surface area (TPSA) is 67.8 Å². The van der Waals surface area contributed by atoms with Crippen LogP contribution in [0.5, 0.6) is 0 Å². The number of phosphoric acid groups is 1. The van der Waals surface area contributed by atoms with Gasteiger partial charge in [-0.1, -0.05) is 13.0 Å². The predicted octanol–water partition coefficient (Wildman–Crippen LogP) is 3.65. The van der Waals surface area contributed by atoms with Crippen LogP contribution in [0.2, 0.25) is 0 Å². The molecule has 1 rings (SSSR count). The highest BCUT2D eigenvalue weighted by Crippen LogP contribution is 2.44. The molecular formula is C14H24NO4P. The van der Waals surface area contributed by atoms with Crippen LogP contribution in [0, 0.1) is 13.8 Å². The molecule has 6 heteroatoms. The zero-order valence-electron chi connectivity index (χ0n) is 12.5. The molecule has 1 aromatic rings. The summed E-state index contributed by atoms with van der Waals surface area (Å²) in [6.45, 7) is 8.22. The first-order valence-corrected chi connectivity index (χ1v) is 8.30. The molecular weight excluding hydrogens is 277 g/mol. The summed E-state index contributed by atoms with van der Waals surface area (Å²) in [5.41, 5.74) is 3.31. The molecule has 20 heavy (non-hydrogen) atoms. The van der Waals surface area contributed by atoms with Crippen LogP contribution < -0.4 is 5.32 Å². The van der Waals surface area contributed by atoms with E-state index in [0.29, 0.717) is 13.0 Å². The third kappa shape index (κ3) is 6.53. The summed E-state index contributed by atoms with van der Waals surface area (Å²) in [7, 11) is -3.95. The number of aryl methyl sites for hydroxylation is 2. The summed E-state index contributed by atoms with van der Waals surface area (Å²) < 4.78 is 21.4. The summed E-state index contributed by atoms with van der Waals surface area (Å²) >= 11 is 0. The number of phosphoric ester groups is 1. The number of hydrogen-bond acceptors (Lipinski definition) is 4. The van der Waals surface area contributed by atoms with Crippen LogP contribution in [0.1, 0.15) is 31.4 Å². The second kappa shape index (κ2) is 7.79. The lowest BCUT2D eigenvalue weighted by molar-refractivity contribution is 0.113. The first kappa shape index (κ1) is 17.2. The highest BCUT2D eigenvalue weighted by Gasteiger charge is 2.23. The van der Waals surface area contributed by atoms with E-state index in [0.717, 1.165) is 5.69 Å². The molecule has 0 saturated heterocycles. The highest BCUT2D eigenvalue weighted by atomic mass is 31.2. The molecule has 0 fully saturated rings. The predicted molar refractivity (Wildman–Crippen MR) is 81.0 cm³/mol. The zero-order valence-corrected chi connectivity index (χ0v) is 13.4. The Morgan fingerprint density at radius 3 is 2.45 bits per heavy atom. The number of nitrogens with one attached hydrogen (secondary N) is 1. The van der Waals surface area contributed by atoms with E-state index in [9.17, 15) is 9.46 Å². The molecule has 2 unspecified atom stereocenters. The second-order valence-electron chi connectivity index (χ2n) is 4.93. The van der Waals surface area contributed by atoms with Gasteiger partial charge in [0.05, 0.1) is 12.7 Å². The van der Waals surface area contributed by atoms with Gasteiger partial charge < -0.3 is 10.2 Å². The van der Waals surface area contributed by atoms with Crippen molar-refractivity contribution in [1.29, 1.82) is 0 Å². The highest BCUT2D eigenvalue weighted by molar-refractivity contribution is 7.47. The molecule has 0 aliphatic carbocycles. The van der Waals surface area contributed by atoms with Crippen molar-refractivity contribution < 1.29 is 18.5 Å². The van der Waals surface area contributed by atoms with Crippen LogP contribution in [-0.2, 0) is 13.6 Å². The van der Waals surface area contributed by atoms with Crippen molar-refractivity contribution in [3.8, 4) is 0 Å². The molecule has 0 aliphatic rings. The van der Waals surface area contributed by atoms with Gasteiger partial charge in [-0.05, 0) is 50.5 Å². The maximum absolute atomic E-state index is 11.6. The van der Waals surface area contributed by atoms with E-state index in [2.05, 4.69) is 11.4 Å². The van der Waals surface area contributed by atoms with E-state index < -0.39 is 7.82 Å². The van der Waals surface area contributed by atoms with Gasteiger partial charge >= 0.3 is 7.82 Å². The largest absolute Gasteiger partial charge is 0.472 e. The summed E-state index contributed by atoms with van der Waals surface area (Å²) in [4.78, 5) is 9.48. The Labute approximate surface area is 120 Å². The monoisotopic (exact) mass is 301 g/mol. The van der Waals surface area contributed by atoms with Crippen molar-refractivity contribution in [2.75, 3.05) is 18.5 Å². The molecule has 114 valence electrons. The van der Waals surface area contributed by atoms with E-state index in [1.54, 1.807) is 6.92 Å². The van der Waals surface area contributed by atoms with Crippen molar-refractivity contribution in [2.45, 2.75) is 40.2 Å². The van der Waals surface area contributed by atoms with Crippen molar-refractivity contribution in [2.24, 2.45) is 0 Å². The molecule has 0 radical (unpaired) electrons. The zero-order chi connectivity index (χ0) is 15.2. The Hall–Kier alpha value is -0.870. The van der Waals surface area contributed by atoms with Crippen LogP contribution in [0.15, 0.2) is 18.2 Å². The molecule has 0 spiro atoms. The number of anilines is 1. The summed E-state index contributed by atoms with van der Waals surface area (Å²) in [5.74, 6) is 0. The average Bonchev–Trinajstić information content (AvgIpc) is 2.33. The molecule has 1 aromatic carbocycles. The van der Waals surface area contributed by atoms with Gasteiger partial charge in [-0.2, -0.15) is 0 Å². The van der Waals surface area contributed by atoms with Crippen LogP contribution in [-0.4, -0.2) is 24.1 Å². The van der Waals surface area contributed by atoms with Gasteiger partial charge in [0, 0.05) is 12.2 Å². The fraction of sp³-hybridized carbons (Fsp3) is 0.571. The van der Waals surface area contributed by atoms with Crippen LogP contribution in [0.4, 0.5) is 5.69 Å². The third-order valence-electron chi connectivity index (χ3n) is 2.80. The van der Waals surface area contributed by atoms with E-state index in [4.69, 9.17) is 9.05 Å². The fourth-order valence-electron chi connectivity index (χ4n) is 1.77. The van der Waals surface area contributed by atoms with Crippen molar-refractivity contribution >= 4 is 13.5 Å². The molecule has 0 bridgehead atoms. The van der Waals surface area contributed by atoms with Gasteiger partial charge in [-0.25, -0.2) is 4.57 Å². The minimum absolute atomic E-state index is 0.108. The van der Waals surface area contributed by atoms with Gasteiger partial charge in [0.2, 0.25) is 0 Å². The quantitative estimate of drug-likeness (QED) is 0.566. The van der Waals surface area contributed by atoms with E-state index in [1.165, 1.54) is 11.1 Å². The maximum atomic E-state index is 11.6. The molecule has 2 atom stereocenters. The summed E-state index contributed by atoms with van der Waals surface area (Å²) in [5, 5.41) is 3.15. The average molecular weight is 301 g/mol. The van der Waals surface area contributed by atoms with Crippen LogP contribution in [0.3, 0.4) is 0 Å². The lowest BCUT2D eigenvalue weighted by atomic mass is 10.1. The van der Waals surface area contributed by atoms with E-state index >= 15 is 0 Å². The Balaban J connectivity index is 2.36. The molecule has 0 aliphatic heterocycles. The third-order valence-corrected chi connectivity index (χ3v) is 3.93. The second-order valence-corrected chi connectivity index (χ2v) is 6.34. The first-order valence-electron chi connectivity index (χ1n) is 6.80. The number of rotatable bonds is 8. The van der Waals surface area contributed by atoms with E-state index in [-0.39, 0.29) is 12.7 Å². The van der Waals surface area contributed by atoms with Crippen molar-refractivity contribution in [3.63, 3.8) is 0 Å². The minimum Gasteiger partial charge on any atom is -0.383 e. The van der Waals surface area contributed by atoms with Crippen molar-refractivity contribution in [3.05, 3.63) is 29.3 Å². The normalized spacial score (nSPS) is 15.7. The van der Waals surface area contributed by atoms with Gasteiger partial charge in [-0.3, -0.25) is 9.05 Å². The molecule has 0 saturated carbocycles. The summed E-state index contributed by atoms with van der Waals surface area (Å²) in [6, 6.07) is 6.12. The number of hydrogen-bond donors (Lipinski definition) is 2. The lowest BCUT2D eigenvalue weighted by Gasteiger charge is -2.16. The fourth-order valence-corrected chi connectivity index (χ4v) is 2.75. The molecule has 0 heterocycles. The molecule has 0 amide bonds. The van der Waals surface area contributed by atoms with Gasteiger partial charge in [0.15, 0.2) is 0 Å². The molecule has 0 aromatic heterocycles. The smallest absolute Gasteiger partial charge is 0.383 e. The Kier molecular flexibility index (Phi) is 6.69. The molecule has 2 N–H and O–H groups in total. The standard InChI is InChI=1S/C14H24NO4P/c1-5-13(4)19-20(16,17)18-7-6-15-14-9-11(2)8-12(3)10-14/h8-10,13,15H,5-7H2,1-4H3,(H,16,17). The van der Waals surface area contributed by atoms with Crippen LogP contribution in [0.25, 0.3) is 0 Å². The van der Waals surface area contributed by atoms with Crippen molar-refractivity contribution in [1.82, 2.24) is 0 Å². The number of benzene rings is 1. The SMILES string of the molecule is CCC(C)OP(=O)(O)OCCNc1cc(C)cc(C)c1.